The number of aliphatic hydroxyl groups excluding tert-OH is 1. The molecule has 0 radical (unpaired) electrons. The molecule has 0 aliphatic carbocycles. The molecule has 0 atom stereocenters. The van der Waals surface area contributed by atoms with E-state index in [-0.39, 0.29) is 18.4 Å². The molecule has 16 heteroatoms. The third kappa shape index (κ3) is 10.4. The van der Waals surface area contributed by atoms with Crippen molar-refractivity contribution in [2.45, 2.75) is 19.5 Å². The number of aromatic nitrogens is 3. The molecule has 0 bridgehead atoms. The zero-order valence-electron chi connectivity index (χ0n) is 25.7. The lowest BCUT2D eigenvalue weighted by Crippen LogP contribution is -2.37. The van der Waals surface area contributed by atoms with Gasteiger partial charge in [0.25, 0.3) is 0 Å². The Labute approximate surface area is 277 Å². The number of aromatic amines is 1. The first-order chi connectivity index (χ1) is 22.4. The second kappa shape index (κ2) is 19.1. The molecular formula is C30H42Cl2N6O8. The fourth-order valence-electron chi connectivity index (χ4n) is 4.98. The van der Waals surface area contributed by atoms with Crippen LogP contribution in [-0.2, 0) is 52.8 Å². The summed E-state index contributed by atoms with van der Waals surface area (Å²) in [5, 5.41) is 18.3. The Balaban J connectivity index is 1.15. The van der Waals surface area contributed by atoms with Crippen molar-refractivity contribution < 1.29 is 38.4 Å². The highest BCUT2D eigenvalue weighted by atomic mass is 35.5. The Kier molecular flexibility index (Phi) is 15.0. The van der Waals surface area contributed by atoms with Gasteiger partial charge in [0.1, 0.15) is 13.2 Å². The molecule has 0 unspecified atom stereocenters. The van der Waals surface area contributed by atoms with Crippen molar-refractivity contribution in [3.63, 3.8) is 0 Å². The van der Waals surface area contributed by atoms with Gasteiger partial charge in [-0.1, -0.05) is 23.2 Å². The number of H-pyrrole nitrogens is 1. The third-order valence-corrected chi connectivity index (χ3v) is 7.96. The summed E-state index contributed by atoms with van der Waals surface area (Å²) in [7, 11) is 0. The minimum Gasteiger partial charge on any atom is -0.387 e. The maximum atomic E-state index is 12.5. The Morgan fingerprint density at radius 2 is 1.61 bits per heavy atom. The summed E-state index contributed by atoms with van der Waals surface area (Å²) in [6.45, 7) is 5.77. The molecule has 4 rings (SSSR count). The first-order valence-electron chi connectivity index (χ1n) is 15.2. The molecule has 1 aromatic carbocycles. The zero-order chi connectivity index (χ0) is 32.7. The number of rotatable bonds is 21. The van der Waals surface area contributed by atoms with Crippen LogP contribution in [0.25, 0.3) is 22.2 Å². The number of hydrogen-bond donors (Lipinski definition) is 4. The van der Waals surface area contributed by atoms with E-state index in [1.165, 1.54) is 0 Å². The SMILES string of the molecule is NCCOCCOCCOCCOCCOCCNC(=O)Cn1ccc(-c2cc(Cl)c(Cl)c3[nH]c4c(c23)CN(C(=O)CO)CC4)n1. The minimum absolute atomic E-state index is 0.0186. The maximum Gasteiger partial charge on any atom is 0.248 e. The number of aliphatic hydroxyl groups is 1. The molecule has 14 nitrogen and oxygen atoms in total. The summed E-state index contributed by atoms with van der Waals surface area (Å²) in [4.78, 5) is 29.7. The predicted octanol–water partition coefficient (Wildman–Crippen LogP) is 1.37. The molecule has 1 aliphatic rings. The minimum atomic E-state index is -0.550. The topological polar surface area (TPSA) is 175 Å². The average Bonchev–Trinajstić information content (AvgIpc) is 3.68. The molecule has 0 spiro atoms. The fraction of sp³-hybridized carbons (Fsp3) is 0.567. The van der Waals surface area contributed by atoms with Gasteiger partial charge in [0.15, 0.2) is 0 Å². The van der Waals surface area contributed by atoms with E-state index in [0.717, 1.165) is 22.2 Å². The molecule has 0 saturated heterocycles. The van der Waals surface area contributed by atoms with Gasteiger partial charge in [0.05, 0.1) is 87.3 Å². The molecule has 0 fully saturated rings. The van der Waals surface area contributed by atoms with E-state index in [4.69, 9.17) is 52.6 Å². The van der Waals surface area contributed by atoms with Crippen molar-refractivity contribution in [1.82, 2.24) is 25.0 Å². The lowest BCUT2D eigenvalue weighted by atomic mass is 9.99. The Bertz CT molecular complexity index is 1420. The van der Waals surface area contributed by atoms with Crippen LogP contribution in [-0.4, -0.2) is 129 Å². The number of benzene rings is 1. The number of hydrogen-bond acceptors (Lipinski definition) is 10. The Hall–Kier alpha value is -2.79. The van der Waals surface area contributed by atoms with Gasteiger partial charge in [-0.15, -0.1) is 0 Å². The van der Waals surface area contributed by atoms with Gasteiger partial charge in [-0.25, -0.2) is 0 Å². The molecule has 46 heavy (non-hydrogen) atoms. The smallest absolute Gasteiger partial charge is 0.248 e. The van der Waals surface area contributed by atoms with Crippen LogP contribution < -0.4 is 11.1 Å². The van der Waals surface area contributed by atoms with E-state index in [9.17, 15) is 14.7 Å². The number of nitrogens with two attached hydrogens (primary N) is 1. The molecular weight excluding hydrogens is 643 g/mol. The monoisotopic (exact) mass is 684 g/mol. The van der Waals surface area contributed by atoms with Crippen molar-refractivity contribution in [2.75, 3.05) is 92.3 Å². The van der Waals surface area contributed by atoms with Gasteiger partial charge in [-0.05, 0) is 12.1 Å². The van der Waals surface area contributed by atoms with Gasteiger partial charge >= 0.3 is 0 Å². The van der Waals surface area contributed by atoms with Crippen LogP contribution in [0.3, 0.4) is 0 Å². The normalized spacial score (nSPS) is 13.0. The van der Waals surface area contributed by atoms with Gasteiger partial charge in [0.2, 0.25) is 11.8 Å². The highest BCUT2D eigenvalue weighted by Crippen LogP contribution is 2.41. The lowest BCUT2D eigenvalue weighted by Gasteiger charge is -2.26. The molecule has 2 aromatic heterocycles. The number of carbonyl (C=O) groups excluding carboxylic acids is 2. The van der Waals surface area contributed by atoms with E-state index in [1.807, 2.05) is 0 Å². The van der Waals surface area contributed by atoms with Gasteiger partial charge in [0, 0.05) is 61.0 Å². The molecule has 3 aromatic rings. The largest absolute Gasteiger partial charge is 0.387 e. The molecule has 254 valence electrons. The summed E-state index contributed by atoms with van der Waals surface area (Å²) in [5.74, 6) is -0.550. The quantitative estimate of drug-likeness (QED) is 0.120. The van der Waals surface area contributed by atoms with Crippen LogP contribution in [0.1, 0.15) is 11.3 Å². The number of ether oxygens (including phenoxy) is 5. The summed E-state index contributed by atoms with van der Waals surface area (Å²) < 4.78 is 28.5. The van der Waals surface area contributed by atoms with E-state index < -0.39 is 6.61 Å². The number of carbonyl (C=O) groups is 2. The second-order valence-electron chi connectivity index (χ2n) is 10.4. The number of amides is 2. The van der Waals surface area contributed by atoms with Gasteiger partial charge < -0.3 is 49.7 Å². The second-order valence-corrected chi connectivity index (χ2v) is 11.2. The molecule has 3 heterocycles. The Morgan fingerprint density at radius 3 is 2.24 bits per heavy atom. The van der Waals surface area contributed by atoms with Crippen LogP contribution in [0.2, 0.25) is 10.0 Å². The highest BCUT2D eigenvalue weighted by molar-refractivity contribution is 6.45. The van der Waals surface area contributed by atoms with Crippen molar-refractivity contribution in [1.29, 1.82) is 0 Å². The van der Waals surface area contributed by atoms with Gasteiger partial charge in [-0.3, -0.25) is 14.3 Å². The standard InChI is InChI=1S/C30H42Cl2N6O8/c31-23-17-21(28-22-18-37(27(41)20-39)5-1-24(22)35-30(28)29(23)32)25-2-6-38(36-25)19-26(40)34-4-8-43-10-12-45-14-16-46-15-13-44-11-9-42-7-3-33/h2,6,17,35,39H,1,3-5,7-16,18-20,33H2,(H,34,40). The number of halogens is 2. The predicted molar refractivity (Wildman–Crippen MR) is 172 cm³/mol. The first-order valence-corrected chi connectivity index (χ1v) is 16.0. The maximum absolute atomic E-state index is 12.5. The molecule has 5 N–H and O–H groups in total. The van der Waals surface area contributed by atoms with Crippen molar-refractivity contribution >= 4 is 45.9 Å². The Morgan fingerprint density at radius 1 is 0.978 bits per heavy atom. The number of nitrogens with one attached hydrogen (secondary N) is 2. The first kappa shape index (κ1) is 36.1. The van der Waals surface area contributed by atoms with Crippen molar-refractivity contribution in [3.05, 3.63) is 39.6 Å². The zero-order valence-corrected chi connectivity index (χ0v) is 27.2. The van der Waals surface area contributed by atoms with E-state index >= 15 is 0 Å². The summed E-state index contributed by atoms with van der Waals surface area (Å²) in [5.41, 5.74) is 9.21. The average molecular weight is 686 g/mol. The summed E-state index contributed by atoms with van der Waals surface area (Å²) >= 11 is 13.0. The van der Waals surface area contributed by atoms with E-state index in [2.05, 4.69) is 15.4 Å². The summed E-state index contributed by atoms with van der Waals surface area (Å²) in [6, 6.07) is 3.54. The molecule has 2 amide bonds. The number of fused-ring (bicyclic) bond motifs is 3. The number of nitrogens with zero attached hydrogens (tertiary/aromatic N) is 3. The van der Waals surface area contributed by atoms with Crippen LogP contribution in [0.5, 0.6) is 0 Å². The van der Waals surface area contributed by atoms with Gasteiger partial charge in [-0.2, -0.15) is 5.10 Å². The van der Waals surface area contributed by atoms with Crippen LogP contribution in [0.4, 0.5) is 0 Å². The van der Waals surface area contributed by atoms with Crippen LogP contribution in [0.15, 0.2) is 18.3 Å². The summed E-state index contributed by atoms with van der Waals surface area (Å²) in [6.07, 6.45) is 2.31. The van der Waals surface area contributed by atoms with Crippen molar-refractivity contribution in [2.24, 2.45) is 5.73 Å². The molecule has 1 aliphatic heterocycles. The van der Waals surface area contributed by atoms with E-state index in [1.54, 1.807) is 27.9 Å². The third-order valence-electron chi connectivity index (χ3n) is 7.17. The van der Waals surface area contributed by atoms with Crippen molar-refractivity contribution in [3.8, 4) is 11.3 Å². The highest BCUT2D eigenvalue weighted by Gasteiger charge is 2.27. The van der Waals surface area contributed by atoms with Crippen LogP contribution >= 0.6 is 23.2 Å². The fourth-order valence-corrected chi connectivity index (χ4v) is 5.38. The lowest BCUT2D eigenvalue weighted by molar-refractivity contribution is -0.135. The molecule has 0 saturated carbocycles. The van der Waals surface area contributed by atoms with E-state index in [0.29, 0.717) is 120 Å². The van der Waals surface area contributed by atoms with Crippen LogP contribution in [0, 0.1) is 0 Å².